The summed E-state index contributed by atoms with van der Waals surface area (Å²) in [5, 5.41) is 4.66. The van der Waals surface area contributed by atoms with Gasteiger partial charge in [-0.25, -0.2) is 10.8 Å². The Morgan fingerprint density at radius 2 is 2.14 bits per heavy atom. The number of aromatic nitrogens is 1. The van der Waals surface area contributed by atoms with Gasteiger partial charge >= 0.3 is 0 Å². The van der Waals surface area contributed by atoms with Crippen LogP contribution in [-0.2, 0) is 4.74 Å². The van der Waals surface area contributed by atoms with E-state index in [-0.39, 0.29) is 11.9 Å². The molecule has 2 aromatic rings. The van der Waals surface area contributed by atoms with E-state index in [1.165, 1.54) is 0 Å². The molecule has 1 aliphatic rings. The summed E-state index contributed by atoms with van der Waals surface area (Å²) in [5.41, 5.74) is 3.11. The summed E-state index contributed by atoms with van der Waals surface area (Å²) in [6.45, 7) is 1.34. The minimum absolute atomic E-state index is 0.0670. The minimum Gasteiger partial charge on any atom is -0.379 e. The molecular formula is C15H18N4O2. The average Bonchev–Trinajstić information content (AvgIpc) is 2.54. The molecule has 4 N–H and O–H groups in total. The van der Waals surface area contributed by atoms with E-state index in [4.69, 9.17) is 10.6 Å². The number of nitrogens with one attached hydrogen (secondary N) is 2. The Balaban J connectivity index is 1.91. The zero-order chi connectivity index (χ0) is 14.7. The number of carbonyl (C=O) groups is 1. The van der Waals surface area contributed by atoms with Gasteiger partial charge < -0.3 is 15.5 Å². The molecule has 1 saturated heterocycles. The summed E-state index contributed by atoms with van der Waals surface area (Å²) in [6, 6.07) is 7.63. The molecule has 0 saturated carbocycles. The fourth-order valence-corrected chi connectivity index (χ4v) is 2.61. The van der Waals surface area contributed by atoms with Crippen molar-refractivity contribution in [1.29, 1.82) is 0 Å². The number of anilines is 1. The number of hydrogen-bond donors (Lipinski definition) is 3. The molecule has 1 aliphatic heterocycles. The number of rotatable bonds is 3. The Labute approximate surface area is 122 Å². The molecule has 1 atom stereocenters. The number of nitrogen functional groups attached to an aromatic ring is 1. The lowest BCUT2D eigenvalue weighted by molar-refractivity contribution is 0.0624. The maximum Gasteiger partial charge on any atom is 0.253 e. The summed E-state index contributed by atoms with van der Waals surface area (Å²) in [7, 11) is 0. The topological polar surface area (TPSA) is 89.3 Å². The molecule has 1 aromatic carbocycles. The van der Waals surface area contributed by atoms with E-state index in [9.17, 15) is 4.79 Å². The van der Waals surface area contributed by atoms with Crippen LogP contribution < -0.4 is 16.6 Å². The first-order chi connectivity index (χ1) is 10.3. The fourth-order valence-electron chi connectivity index (χ4n) is 2.61. The predicted molar refractivity (Wildman–Crippen MR) is 80.9 cm³/mol. The lowest BCUT2D eigenvalue weighted by Crippen LogP contribution is -2.40. The smallest absolute Gasteiger partial charge is 0.253 e. The van der Waals surface area contributed by atoms with Gasteiger partial charge in [0.1, 0.15) is 5.82 Å². The molecule has 3 rings (SSSR count). The average molecular weight is 286 g/mol. The SMILES string of the molecule is NNc1ncc(C(=O)NC2CCCOC2)c2ccccc12. The van der Waals surface area contributed by atoms with Gasteiger partial charge in [0.05, 0.1) is 18.2 Å². The molecule has 1 aromatic heterocycles. The van der Waals surface area contributed by atoms with Crippen molar-refractivity contribution in [3.8, 4) is 0 Å². The van der Waals surface area contributed by atoms with Gasteiger partial charge in [-0.2, -0.15) is 0 Å². The molecule has 0 radical (unpaired) electrons. The predicted octanol–water partition coefficient (Wildman–Crippen LogP) is 1.43. The maximum absolute atomic E-state index is 12.5. The van der Waals surface area contributed by atoms with Crippen LogP contribution in [0.25, 0.3) is 10.8 Å². The molecule has 0 bridgehead atoms. The van der Waals surface area contributed by atoms with Crippen LogP contribution in [0, 0.1) is 0 Å². The van der Waals surface area contributed by atoms with E-state index < -0.39 is 0 Å². The molecule has 6 nitrogen and oxygen atoms in total. The van der Waals surface area contributed by atoms with Gasteiger partial charge in [-0.15, -0.1) is 0 Å². The number of hydrazine groups is 1. The van der Waals surface area contributed by atoms with Crippen molar-refractivity contribution in [2.24, 2.45) is 5.84 Å². The van der Waals surface area contributed by atoms with Crippen molar-refractivity contribution in [3.63, 3.8) is 0 Å². The summed E-state index contributed by atoms with van der Waals surface area (Å²) in [4.78, 5) is 16.7. The van der Waals surface area contributed by atoms with Crippen molar-refractivity contribution >= 4 is 22.5 Å². The Morgan fingerprint density at radius 3 is 2.86 bits per heavy atom. The summed E-state index contributed by atoms with van der Waals surface area (Å²) in [6.07, 6.45) is 3.47. The van der Waals surface area contributed by atoms with Gasteiger partial charge in [-0.1, -0.05) is 24.3 Å². The molecule has 110 valence electrons. The van der Waals surface area contributed by atoms with E-state index >= 15 is 0 Å². The molecule has 0 spiro atoms. The molecule has 21 heavy (non-hydrogen) atoms. The van der Waals surface area contributed by atoms with Crippen molar-refractivity contribution in [3.05, 3.63) is 36.0 Å². The van der Waals surface area contributed by atoms with Crippen LogP contribution in [-0.4, -0.2) is 30.1 Å². The zero-order valence-electron chi connectivity index (χ0n) is 11.6. The highest BCUT2D eigenvalue weighted by Crippen LogP contribution is 2.24. The fraction of sp³-hybridized carbons (Fsp3) is 0.333. The van der Waals surface area contributed by atoms with E-state index in [1.54, 1.807) is 6.20 Å². The number of carbonyl (C=O) groups excluding carboxylic acids is 1. The maximum atomic E-state index is 12.5. The van der Waals surface area contributed by atoms with E-state index in [0.29, 0.717) is 18.0 Å². The van der Waals surface area contributed by atoms with Crippen molar-refractivity contribution in [2.45, 2.75) is 18.9 Å². The second-order valence-electron chi connectivity index (χ2n) is 5.10. The van der Waals surface area contributed by atoms with Crippen molar-refractivity contribution < 1.29 is 9.53 Å². The monoisotopic (exact) mass is 286 g/mol. The number of ether oxygens (including phenoxy) is 1. The van der Waals surface area contributed by atoms with E-state index in [0.717, 1.165) is 30.2 Å². The van der Waals surface area contributed by atoms with Gasteiger partial charge in [-0.05, 0) is 18.2 Å². The van der Waals surface area contributed by atoms with Gasteiger partial charge in [0.2, 0.25) is 0 Å². The summed E-state index contributed by atoms with van der Waals surface area (Å²) >= 11 is 0. The number of fused-ring (bicyclic) bond motifs is 1. The first-order valence-corrected chi connectivity index (χ1v) is 7.02. The highest BCUT2D eigenvalue weighted by Gasteiger charge is 2.19. The third kappa shape index (κ3) is 2.81. The molecule has 1 amide bonds. The lowest BCUT2D eigenvalue weighted by Gasteiger charge is -2.23. The highest BCUT2D eigenvalue weighted by atomic mass is 16.5. The first-order valence-electron chi connectivity index (χ1n) is 7.02. The summed E-state index contributed by atoms with van der Waals surface area (Å²) in [5.74, 6) is 5.89. The van der Waals surface area contributed by atoms with Crippen LogP contribution in [0.3, 0.4) is 0 Å². The Bertz CT molecular complexity index is 653. The van der Waals surface area contributed by atoms with Crippen LogP contribution in [0.2, 0.25) is 0 Å². The number of hydrogen-bond acceptors (Lipinski definition) is 5. The van der Waals surface area contributed by atoms with Crippen LogP contribution in [0.4, 0.5) is 5.82 Å². The molecule has 1 unspecified atom stereocenters. The summed E-state index contributed by atoms with van der Waals surface area (Å²) < 4.78 is 5.39. The van der Waals surface area contributed by atoms with Gasteiger partial charge in [0.15, 0.2) is 0 Å². The van der Waals surface area contributed by atoms with Crippen LogP contribution >= 0.6 is 0 Å². The largest absolute Gasteiger partial charge is 0.379 e. The first kappa shape index (κ1) is 13.8. The minimum atomic E-state index is -0.127. The van der Waals surface area contributed by atoms with Crippen molar-refractivity contribution in [1.82, 2.24) is 10.3 Å². The molecular weight excluding hydrogens is 268 g/mol. The Hall–Kier alpha value is -2.18. The standard InChI is InChI=1S/C15H18N4O2/c16-19-14-12-6-2-1-5-11(12)13(8-17-14)15(20)18-10-4-3-7-21-9-10/h1-2,5-6,8,10H,3-4,7,9,16H2,(H,17,19)(H,18,20). The number of nitrogens with two attached hydrogens (primary N) is 1. The van der Waals surface area contributed by atoms with Crippen molar-refractivity contribution in [2.75, 3.05) is 18.6 Å². The van der Waals surface area contributed by atoms with Crippen LogP contribution in [0.5, 0.6) is 0 Å². The zero-order valence-corrected chi connectivity index (χ0v) is 11.6. The van der Waals surface area contributed by atoms with E-state index in [1.807, 2.05) is 24.3 Å². The van der Waals surface area contributed by atoms with Crippen LogP contribution in [0.15, 0.2) is 30.5 Å². The van der Waals surface area contributed by atoms with Gasteiger partial charge in [-0.3, -0.25) is 4.79 Å². The highest BCUT2D eigenvalue weighted by molar-refractivity contribution is 6.09. The number of nitrogens with zero attached hydrogens (tertiary/aromatic N) is 1. The van der Waals surface area contributed by atoms with Gasteiger partial charge in [0.25, 0.3) is 5.91 Å². The molecule has 2 heterocycles. The normalized spacial score (nSPS) is 18.4. The van der Waals surface area contributed by atoms with E-state index in [2.05, 4.69) is 15.7 Å². The molecule has 1 fully saturated rings. The molecule has 6 heteroatoms. The Kier molecular flexibility index (Phi) is 3.98. The number of pyridine rings is 1. The second-order valence-corrected chi connectivity index (χ2v) is 5.10. The third-order valence-electron chi connectivity index (χ3n) is 3.67. The van der Waals surface area contributed by atoms with Crippen LogP contribution in [0.1, 0.15) is 23.2 Å². The van der Waals surface area contributed by atoms with Gasteiger partial charge in [0, 0.05) is 18.2 Å². The molecule has 0 aliphatic carbocycles. The third-order valence-corrected chi connectivity index (χ3v) is 3.67. The Morgan fingerprint density at radius 1 is 1.33 bits per heavy atom. The second kappa shape index (κ2) is 6.07. The lowest BCUT2D eigenvalue weighted by atomic mass is 10.1. The quantitative estimate of drug-likeness (QED) is 0.586. The number of amides is 1. The number of benzene rings is 1.